The highest BCUT2D eigenvalue weighted by Crippen LogP contribution is 2.87. The van der Waals surface area contributed by atoms with E-state index in [1.54, 1.807) is 64.6 Å². The molecule has 0 aliphatic heterocycles. The van der Waals surface area contributed by atoms with Crippen molar-refractivity contribution in [1.82, 2.24) is 60.0 Å². The van der Waals surface area contributed by atoms with Gasteiger partial charge in [0.25, 0.3) is 0 Å². The van der Waals surface area contributed by atoms with Crippen molar-refractivity contribution < 1.29 is 48.6 Å². The van der Waals surface area contributed by atoms with Crippen molar-refractivity contribution >= 4 is 70.8 Å². The second kappa shape index (κ2) is 25.9. The minimum atomic E-state index is -1.35. The van der Waals surface area contributed by atoms with Gasteiger partial charge in [0, 0.05) is 77.1 Å². The van der Waals surface area contributed by atoms with Gasteiger partial charge in [0.05, 0.1) is 48.9 Å². The van der Waals surface area contributed by atoms with E-state index in [0.717, 1.165) is 41.1 Å². The zero-order valence-corrected chi connectivity index (χ0v) is 49.3. The predicted molar refractivity (Wildman–Crippen MR) is 307 cm³/mol. The van der Waals surface area contributed by atoms with Crippen LogP contribution in [0.1, 0.15) is 45.2 Å². The van der Waals surface area contributed by atoms with Crippen LogP contribution in [-0.2, 0) is 51.4 Å². The van der Waals surface area contributed by atoms with E-state index < -0.39 is 58.7 Å². The summed E-state index contributed by atoms with van der Waals surface area (Å²) in [5.74, 6) is -4.29. The summed E-state index contributed by atoms with van der Waals surface area (Å²) in [7, 11) is 3.03. The number of carbonyl (C=O) groups excluding carboxylic acids is 8. The second-order valence-corrected chi connectivity index (χ2v) is 25.1. The maximum Gasteiger partial charge on any atom is 0.242 e. The van der Waals surface area contributed by atoms with Crippen molar-refractivity contribution in [3.8, 4) is 0 Å². The van der Waals surface area contributed by atoms with Gasteiger partial charge in [0.1, 0.15) is 13.1 Å². The molecule has 24 heteroatoms. The number of amides is 8. The number of thioether (sulfide) groups is 2. The van der Waals surface area contributed by atoms with Crippen molar-refractivity contribution in [2.24, 2.45) is 47.3 Å². The number of aliphatic hydroxyl groups is 2. The Morgan fingerprint density at radius 1 is 0.506 bits per heavy atom. The minimum Gasteiger partial charge on any atom is -0.387 e. The molecule has 9 rings (SSSR count). The van der Waals surface area contributed by atoms with Crippen molar-refractivity contribution in [2.75, 3.05) is 78.0 Å². The monoisotopic (exact) mass is 1170 g/mol. The summed E-state index contributed by atoms with van der Waals surface area (Å²) in [4.78, 5) is 135. The number of rotatable bonds is 28. The molecule has 2 aromatic carbocycles. The van der Waals surface area contributed by atoms with Crippen LogP contribution in [0.4, 0.5) is 0 Å². The molecule has 442 valence electrons. The lowest BCUT2D eigenvalue weighted by Gasteiger charge is -2.57. The van der Waals surface area contributed by atoms with Gasteiger partial charge in [0.2, 0.25) is 47.3 Å². The molecule has 4 aromatic rings. The van der Waals surface area contributed by atoms with Crippen LogP contribution in [-0.4, -0.2) is 208 Å². The molecule has 0 spiro atoms. The third kappa shape index (κ3) is 13.0. The number of benzene rings is 2. The highest BCUT2D eigenvalue weighted by Gasteiger charge is 2.90. The van der Waals surface area contributed by atoms with Crippen LogP contribution in [0.25, 0.3) is 0 Å². The van der Waals surface area contributed by atoms with Gasteiger partial charge in [0.15, 0.2) is 10.3 Å². The number of carbonyl (C=O) groups is 8. The lowest BCUT2D eigenvalue weighted by molar-refractivity contribution is -0.211. The molecule has 5 saturated carbocycles. The zero-order valence-electron chi connectivity index (χ0n) is 47.7. The summed E-state index contributed by atoms with van der Waals surface area (Å²) in [5.41, 5.74) is -1.17. The molecule has 0 radical (unpaired) electrons. The smallest absolute Gasteiger partial charge is 0.242 e. The number of fused-ring (bicyclic) bond motifs is 2. The molecular weight excluding hydrogens is 1100 g/mol. The van der Waals surface area contributed by atoms with Crippen molar-refractivity contribution in [1.29, 1.82) is 0 Å². The average molecular weight is 1180 g/mol. The van der Waals surface area contributed by atoms with Crippen LogP contribution in [0.15, 0.2) is 108 Å². The van der Waals surface area contributed by atoms with E-state index in [-0.39, 0.29) is 136 Å². The fourth-order valence-corrected chi connectivity index (χ4v) is 15.5. The van der Waals surface area contributed by atoms with Gasteiger partial charge < -0.3 is 50.2 Å². The summed E-state index contributed by atoms with van der Waals surface area (Å²) in [6, 6.07) is 20.8. The standard InChI is InChI=1S/C59H74N12O10S2/c1-36(2)70(46(76)28-66(5)48(78)32-82-56-60-19-13-20-61-56)30-44(74)68(24-38-15-9-7-10-16-38)26-42(72)64-34-58(80)52-40-23-41-51-50(40)54(58)55(51)59(81,53(41)52)35-65-43(73)27-69(25-39-17-11-8-12-18-39)45(75)31-71(37(3)4)47(77)29-67(6)49(79)33-83-57-62-21-14-22-63-57/h7-22,36-37,40-41,50-55,80-81H,23-35H2,1-6H3,(H,64,72)(H,65,73)/t40-,41+,50?,51?,52?,53?,54?,55?,58-,59+. The van der Waals surface area contributed by atoms with E-state index in [4.69, 9.17) is 0 Å². The molecule has 22 nitrogen and oxygen atoms in total. The maximum absolute atomic E-state index is 14.3. The normalized spacial score (nSPS) is 24.5. The summed E-state index contributed by atoms with van der Waals surface area (Å²) in [5, 5.41) is 32.4. The van der Waals surface area contributed by atoms with E-state index >= 15 is 0 Å². The van der Waals surface area contributed by atoms with E-state index in [0.29, 0.717) is 10.3 Å². The van der Waals surface area contributed by atoms with Gasteiger partial charge in [-0.25, -0.2) is 19.9 Å². The molecule has 83 heavy (non-hydrogen) atoms. The summed E-state index contributed by atoms with van der Waals surface area (Å²) in [6.07, 6.45) is 7.13. The van der Waals surface area contributed by atoms with Gasteiger partial charge >= 0.3 is 0 Å². The van der Waals surface area contributed by atoms with Gasteiger partial charge in [-0.3, -0.25) is 38.4 Å². The summed E-state index contributed by atoms with van der Waals surface area (Å²) in [6.45, 7) is 5.06. The third-order valence-corrected chi connectivity index (χ3v) is 19.3. The van der Waals surface area contributed by atoms with Crippen molar-refractivity contribution in [3.63, 3.8) is 0 Å². The quantitative estimate of drug-likeness (QED) is 0.0465. The Morgan fingerprint density at radius 2 is 0.867 bits per heavy atom. The molecule has 2 bridgehead atoms. The molecule has 8 amide bonds. The van der Waals surface area contributed by atoms with E-state index in [2.05, 4.69) is 30.6 Å². The molecule has 5 fully saturated rings. The lowest BCUT2D eigenvalue weighted by atomic mass is 9.51. The summed E-state index contributed by atoms with van der Waals surface area (Å²) < 4.78 is 0. The first kappa shape index (κ1) is 60.6. The Morgan fingerprint density at radius 3 is 1.22 bits per heavy atom. The number of likely N-dealkylation sites (N-methyl/N-ethyl adjacent to an activating group) is 2. The van der Waals surface area contributed by atoms with Crippen LogP contribution in [0.5, 0.6) is 0 Å². The number of hydrogen-bond donors (Lipinski definition) is 4. The maximum atomic E-state index is 14.3. The van der Waals surface area contributed by atoms with Gasteiger partial charge in [-0.05, 0) is 105 Å². The highest BCUT2D eigenvalue weighted by molar-refractivity contribution is 8.00. The first-order valence-electron chi connectivity index (χ1n) is 28.2. The lowest BCUT2D eigenvalue weighted by Crippen LogP contribution is -2.69. The molecule has 4 N–H and O–H groups in total. The Labute approximate surface area is 491 Å². The minimum absolute atomic E-state index is 0.0127. The second-order valence-electron chi connectivity index (χ2n) is 23.2. The Kier molecular flexibility index (Phi) is 18.9. The van der Waals surface area contributed by atoms with Gasteiger partial charge in [-0.1, -0.05) is 84.2 Å². The number of nitrogens with zero attached hydrogens (tertiary/aromatic N) is 10. The van der Waals surface area contributed by atoms with Crippen LogP contribution in [0.3, 0.4) is 0 Å². The number of aromatic nitrogens is 4. The predicted octanol–water partition coefficient (Wildman–Crippen LogP) is 1.68. The fourth-order valence-electron chi connectivity index (χ4n) is 14.0. The zero-order chi connectivity index (χ0) is 59.3. The molecule has 2 heterocycles. The Hall–Kier alpha value is -7.02. The SMILES string of the molecule is CC(C)N(CC(=O)N(CC(=O)NC[C@@]1(O)C2C3C4C2[C@@](O)(CNC(=O)CN(Cc2ccccc2)C(=O)CN(C(=O)CN(C)C(=O)CSc2ncccn2)C(C)C)C2C1[C@H]3C[C@H]42)Cc1ccccc1)C(=O)CN(C)C(=O)CSc1ncccn1. The fraction of sp³-hybridized carbons (Fsp3) is 0.525. The molecule has 5 aliphatic carbocycles. The van der Waals surface area contributed by atoms with Crippen molar-refractivity contribution in [2.45, 2.75) is 80.8 Å². The molecule has 5 aliphatic rings. The topological polar surface area (TPSA) is 272 Å². The van der Waals surface area contributed by atoms with Gasteiger partial charge in [-0.15, -0.1) is 0 Å². The first-order chi connectivity index (χ1) is 39.7. The molecular formula is C59H74N12O10S2. The molecule has 6 unspecified atom stereocenters. The van der Waals surface area contributed by atoms with Crippen LogP contribution < -0.4 is 10.6 Å². The van der Waals surface area contributed by atoms with E-state index in [1.165, 1.54) is 43.5 Å². The third-order valence-electron chi connectivity index (χ3n) is 17.6. The highest BCUT2D eigenvalue weighted by atomic mass is 32.2. The van der Waals surface area contributed by atoms with Crippen LogP contribution in [0.2, 0.25) is 0 Å². The van der Waals surface area contributed by atoms with Crippen molar-refractivity contribution in [3.05, 3.63) is 109 Å². The molecule has 0 saturated heterocycles. The average Bonchev–Trinajstić information content (AvgIpc) is 1.45. The first-order valence-corrected chi connectivity index (χ1v) is 30.1. The van der Waals surface area contributed by atoms with Crippen LogP contribution in [0, 0.1) is 47.3 Å². The molecule has 2 aromatic heterocycles. The van der Waals surface area contributed by atoms with Crippen LogP contribution >= 0.6 is 23.5 Å². The largest absolute Gasteiger partial charge is 0.387 e. The summed E-state index contributed by atoms with van der Waals surface area (Å²) >= 11 is 2.29. The van der Waals surface area contributed by atoms with E-state index in [9.17, 15) is 48.6 Å². The molecule has 10 atom stereocenters. The number of hydrogen-bond acceptors (Lipinski definition) is 16. The van der Waals surface area contributed by atoms with Gasteiger partial charge in [-0.2, -0.15) is 0 Å². The Bertz CT molecular complexity index is 2810. The number of nitrogens with one attached hydrogen (secondary N) is 2. The van der Waals surface area contributed by atoms with E-state index in [1.807, 2.05) is 60.7 Å². The Balaban J connectivity index is 0.811.